The first-order valence-electron chi connectivity index (χ1n) is 5.08. The van der Waals surface area contributed by atoms with E-state index in [-0.39, 0.29) is 16.8 Å². The van der Waals surface area contributed by atoms with Crippen LogP contribution in [0.3, 0.4) is 0 Å². The molecule has 2 N–H and O–H groups in total. The normalized spacial score (nSPS) is 12.6. The predicted molar refractivity (Wildman–Crippen MR) is 64.1 cm³/mol. The average molecular weight is 243 g/mol. The van der Waals surface area contributed by atoms with Crippen molar-refractivity contribution >= 4 is 23.4 Å². The molecule has 5 heteroatoms. The molecule has 0 aliphatic carbocycles. The van der Waals surface area contributed by atoms with Gasteiger partial charge in [0.1, 0.15) is 5.82 Å². The molecular formula is C11H15ClN2O2. The van der Waals surface area contributed by atoms with Crippen LogP contribution >= 0.6 is 11.6 Å². The van der Waals surface area contributed by atoms with Crippen LogP contribution in [0, 0.1) is 5.92 Å². The van der Waals surface area contributed by atoms with Gasteiger partial charge < -0.3 is 10.4 Å². The summed E-state index contributed by atoms with van der Waals surface area (Å²) in [4.78, 5) is 14.8. The van der Waals surface area contributed by atoms with Gasteiger partial charge >= 0.3 is 5.97 Å². The standard InChI is InChI=1S/C11H15ClN2O2/c1-6(2)7(3)13-9-5-4-8(12)10(14-9)11(15)16/h4-7H,1-3H3,(H,13,14)(H,15,16). The van der Waals surface area contributed by atoms with Crippen molar-refractivity contribution in [1.82, 2.24) is 4.98 Å². The summed E-state index contributed by atoms with van der Waals surface area (Å²) in [6.07, 6.45) is 0. The third-order valence-corrected chi connectivity index (χ3v) is 2.73. The number of carboxylic acids is 1. The number of rotatable bonds is 4. The molecule has 1 rings (SSSR count). The highest BCUT2D eigenvalue weighted by atomic mass is 35.5. The number of anilines is 1. The zero-order valence-electron chi connectivity index (χ0n) is 9.49. The van der Waals surface area contributed by atoms with Crippen LogP contribution in [0.25, 0.3) is 0 Å². The first-order chi connectivity index (χ1) is 7.41. The van der Waals surface area contributed by atoms with E-state index in [2.05, 4.69) is 24.1 Å². The Bertz CT molecular complexity index is 394. The maximum absolute atomic E-state index is 10.8. The van der Waals surface area contributed by atoms with E-state index < -0.39 is 5.97 Å². The van der Waals surface area contributed by atoms with Crippen LogP contribution in [0.2, 0.25) is 5.02 Å². The Morgan fingerprint density at radius 3 is 2.56 bits per heavy atom. The highest BCUT2D eigenvalue weighted by Gasteiger charge is 2.13. The summed E-state index contributed by atoms with van der Waals surface area (Å²) in [5.74, 6) is -0.153. The summed E-state index contributed by atoms with van der Waals surface area (Å²) in [5, 5.41) is 12.1. The van der Waals surface area contributed by atoms with Crippen LogP contribution in [-0.4, -0.2) is 22.1 Å². The second-order valence-electron chi connectivity index (χ2n) is 4.01. The Balaban J connectivity index is 2.91. The molecule has 0 amide bonds. The number of hydrogen-bond acceptors (Lipinski definition) is 3. The molecule has 0 spiro atoms. The molecule has 1 aromatic heterocycles. The van der Waals surface area contributed by atoms with Gasteiger partial charge in [0.25, 0.3) is 0 Å². The van der Waals surface area contributed by atoms with Crippen molar-refractivity contribution in [2.75, 3.05) is 5.32 Å². The number of hydrogen-bond donors (Lipinski definition) is 2. The van der Waals surface area contributed by atoms with Crippen LogP contribution in [0.5, 0.6) is 0 Å². The van der Waals surface area contributed by atoms with Gasteiger partial charge in [-0.25, -0.2) is 9.78 Å². The number of nitrogens with one attached hydrogen (secondary N) is 1. The maximum Gasteiger partial charge on any atom is 0.356 e. The molecule has 1 unspecified atom stereocenters. The predicted octanol–water partition coefficient (Wildman–Crippen LogP) is 2.89. The lowest BCUT2D eigenvalue weighted by atomic mass is 10.1. The fraction of sp³-hybridized carbons (Fsp3) is 0.455. The number of pyridine rings is 1. The minimum atomic E-state index is -1.12. The van der Waals surface area contributed by atoms with Gasteiger partial charge in [0, 0.05) is 6.04 Å². The highest BCUT2D eigenvalue weighted by Crippen LogP contribution is 2.18. The smallest absolute Gasteiger partial charge is 0.356 e. The molecule has 1 heterocycles. The van der Waals surface area contributed by atoms with E-state index in [1.807, 2.05) is 6.92 Å². The van der Waals surface area contributed by atoms with Crippen molar-refractivity contribution in [2.24, 2.45) is 5.92 Å². The molecule has 0 saturated carbocycles. The highest BCUT2D eigenvalue weighted by molar-refractivity contribution is 6.33. The summed E-state index contributed by atoms with van der Waals surface area (Å²) < 4.78 is 0. The van der Waals surface area contributed by atoms with Crippen LogP contribution < -0.4 is 5.32 Å². The van der Waals surface area contributed by atoms with Gasteiger partial charge in [-0.1, -0.05) is 25.4 Å². The SMILES string of the molecule is CC(C)C(C)Nc1ccc(Cl)c(C(=O)O)n1. The molecule has 0 aromatic carbocycles. The second-order valence-corrected chi connectivity index (χ2v) is 4.42. The number of aromatic nitrogens is 1. The van der Waals surface area contributed by atoms with Gasteiger partial charge in [0.05, 0.1) is 5.02 Å². The number of carboxylic acid groups (broad SMARTS) is 1. The van der Waals surface area contributed by atoms with Crippen LogP contribution in [0.15, 0.2) is 12.1 Å². The molecular weight excluding hydrogens is 228 g/mol. The molecule has 0 saturated heterocycles. The van der Waals surface area contributed by atoms with Gasteiger partial charge in [-0.2, -0.15) is 0 Å². The van der Waals surface area contributed by atoms with Gasteiger partial charge in [0.15, 0.2) is 5.69 Å². The zero-order chi connectivity index (χ0) is 12.3. The topological polar surface area (TPSA) is 62.2 Å². The first kappa shape index (κ1) is 12.8. The Hall–Kier alpha value is -1.29. The van der Waals surface area contributed by atoms with Crippen molar-refractivity contribution < 1.29 is 9.90 Å². The van der Waals surface area contributed by atoms with E-state index in [9.17, 15) is 4.79 Å². The van der Waals surface area contributed by atoms with E-state index in [0.717, 1.165) is 0 Å². The van der Waals surface area contributed by atoms with E-state index in [1.54, 1.807) is 6.07 Å². The van der Waals surface area contributed by atoms with Gasteiger partial charge in [-0.05, 0) is 25.0 Å². The summed E-state index contributed by atoms with van der Waals surface area (Å²) >= 11 is 5.72. The number of halogens is 1. The van der Waals surface area contributed by atoms with Crippen molar-refractivity contribution in [2.45, 2.75) is 26.8 Å². The molecule has 16 heavy (non-hydrogen) atoms. The molecule has 0 fully saturated rings. The minimum Gasteiger partial charge on any atom is -0.476 e. The lowest BCUT2D eigenvalue weighted by Crippen LogP contribution is -2.22. The Kier molecular flexibility index (Phi) is 4.12. The molecule has 0 bridgehead atoms. The maximum atomic E-state index is 10.8. The minimum absolute atomic E-state index is 0.123. The van der Waals surface area contributed by atoms with E-state index in [1.165, 1.54) is 6.07 Å². The van der Waals surface area contributed by atoms with Crippen LogP contribution in [0.1, 0.15) is 31.3 Å². The number of nitrogens with zero attached hydrogens (tertiary/aromatic N) is 1. The molecule has 1 aromatic rings. The van der Waals surface area contributed by atoms with Crippen molar-refractivity contribution in [3.63, 3.8) is 0 Å². The van der Waals surface area contributed by atoms with Gasteiger partial charge in [-0.15, -0.1) is 0 Å². The Labute approximate surface area is 99.6 Å². The Morgan fingerprint density at radius 2 is 2.06 bits per heavy atom. The van der Waals surface area contributed by atoms with E-state index >= 15 is 0 Å². The third-order valence-electron chi connectivity index (χ3n) is 2.42. The Morgan fingerprint density at radius 1 is 1.44 bits per heavy atom. The average Bonchev–Trinajstić information content (AvgIpc) is 2.20. The monoisotopic (exact) mass is 242 g/mol. The lowest BCUT2D eigenvalue weighted by Gasteiger charge is -2.18. The van der Waals surface area contributed by atoms with Crippen molar-refractivity contribution in [3.8, 4) is 0 Å². The molecule has 0 aliphatic heterocycles. The van der Waals surface area contributed by atoms with E-state index in [0.29, 0.717) is 11.7 Å². The zero-order valence-corrected chi connectivity index (χ0v) is 10.2. The quantitative estimate of drug-likeness (QED) is 0.852. The molecule has 88 valence electrons. The lowest BCUT2D eigenvalue weighted by molar-refractivity contribution is 0.0691. The molecule has 1 atom stereocenters. The first-order valence-corrected chi connectivity index (χ1v) is 5.46. The largest absolute Gasteiger partial charge is 0.476 e. The summed E-state index contributed by atoms with van der Waals surface area (Å²) in [5.41, 5.74) is -0.123. The number of carbonyl (C=O) groups is 1. The third kappa shape index (κ3) is 3.10. The fourth-order valence-electron chi connectivity index (χ4n) is 1.07. The number of aromatic carboxylic acids is 1. The van der Waals surface area contributed by atoms with Crippen molar-refractivity contribution in [1.29, 1.82) is 0 Å². The van der Waals surface area contributed by atoms with Gasteiger partial charge in [0.2, 0.25) is 0 Å². The molecule has 4 nitrogen and oxygen atoms in total. The summed E-state index contributed by atoms with van der Waals surface area (Å²) in [6, 6.07) is 3.43. The van der Waals surface area contributed by atoms with Crippen LogP contribution in [0.4, 0.5) is 5.82 Å². The van der Waals surface area contributed by atoms with Gasteiger partial charge in [-0.3, -0.25) is 0 Å². The van der Waals surface area contributed by atoms with E-state index in [4.69, 9.17) is 16.7 Å². The van der Waals surface area contributed by atoms with Crippen LogP contribution in [-0.2, 0) is 0 Å². The summed E-state index contributed by atoms with van der Waals surface area (Å²) in [6.45, 7) is 6.17. The van der Waals surface area contributed by atoms with Crippen molar-refractivity contribution in [3.05, 3.63) is 22.8 Å². The fourth-order valence-corrected chi connectivity index (χ4v) is 1.26. The second kappa shape index (κ2) is 5.16. The molecule has 0 radical (unpaired) electrons. The summed E-state index contributed by atoms with van der Waals surface area (Å²) in [7, 11) is 0. The molecule has 0 aliphatic rings.